The zero-order valence-corrected chi connectivity index (χ0v) is 26.8. The number of fused-ring (bicyclic) bond motifs is 6. The molecule has 6 aromatic rings. The average Bonchev–Trinajstić information content (AvgIpc) is 3.38. The maximum absolute atomic E-state index is 15.2. The Morgan fingerprint density at radius 2 is 0.978 bits per heavy atom. The Balaban J connectivity index is 1.39. The van der Waals surface area contributed by atoms with E-state index < -0.39 is 35.2 Å². The summed E-state index contributed by atoms with van der Waals surface area (Å²) in [6.07, 6.45) is 0. The molecule has 0 unspecified atom stereocenters. The normalized spacial score (nSPS) is 17.7. The second-order valence-corrected chi connectivity index (χ2v) is 16.0. The summed E-state index contributed by atoms with van der Waals surface area (Å²) in [6.45, 7) is 3.70. The number of benzene rings is 6. The second-order valence-electron chi connectivity index (χ2n) is 11.7. The van der Waals surface area contributed by atoms with Gasteiger partial charge in [-0.05, 0) is 80.2 Å². The van der Waals surface area contributed by atoms with Crippen molar-refractivity contribution < 1.29 is 26.2 Å². The number of hydrogen-bond acceptors (Lipinski definition) is 3. The summed E-state index contributed by atoms with van der Waals surface area (Å²) in [7, 11) is -10.6. The number of alkyl halides is 3. The van der Waals surface area contributed by atoms with E-state index in [4.69, 9.17) is 0 Å². The van der Waals surface area contributed by atoms with Gasteiger partial charge in [-0.2, -0.15) is 13.2 Å². The van der Waals surface area contributed by atoms with Gasteiger partial charge in [0.2, 0.25) is 0 Å². The first-order valence-corrected chi connectivity index (χ1v) is 18.1. The molecule has 1 N–H and O–H groups in total. The third-order valence-electron chi connectivity index (χ3n) is 9.19. The topological polar surface area (TPSA) is 69.7 Å². The van der Waals surface area contributed by atoms with E-state index >= 15 is 4.57 Å². The average molecular weight is 662 g/mol. The van der Waals surface area contributed by atoms with Crippen LogP contribution >= 0.6 is 7.59 Å². The Bertz CT molecular complexity index is 2180. The standard InChI is InChI=1S/C35H31F3N3O3PS/c1-23(33-21-25-11-3-5-13-27(25)29-15-7-9-17-31(29)33)40-19-20-41(45(40,42)39-46(43,44)35(36,37)38)24(2)34-22-26-12-4-6-14-28(26)30-16-8-10-18-32(30)34/h3-18,21-24H,19-20H2,1-2H3,(H,39,42)/t23-,24-/m0/s1. The van der Waals surface area contributed by atoms with Crippen LogP contribution in [0.2, 0.25) is 0 Å². The van der Waals surface area contributed by atoms with E-state index in [0.29, 0.717) is 0 Å². The second kappa shape index (κ2) is 11.2. The van der Waals surface area contributed by atoms with Crippen LogP contribution in [-0.4, -0.2) is 36.4 Å². The monoisotopic (exact) mass is 661 g/mol. The molecule has 7 rings (SSSR count). The van der Waals surface area contributed by atoms with E-state index in [2.05, 4.69) is 0 Å². The largest absolute Gasteiger partial charge is 0.511 e. The quantitative estimate of drug-likeness (QED) is 0.142. The van der Waals surface area contributed by atoms with Gasteiger partial charge >= 0.3 is 15.5 Å². The lowest BCUT2D eigenvalue weighted by Crippen LogP contribution is -2.41. The van der Waals surface area contributed by atoms with Gasteiger partial charge in [-0.1, -0.05) is 97.1 Å². The molecule has 0 spiro atoms. The molecule has 6 aromatic carbocycles. The molecule has 1 fully saturated rings. The van der Waals surface area contributed by atoms with Crippen molar-refractivity contribution in [3.05, 3.63) is 120 Å². The molecule has 1 aliphatic heterocycles. The van der Waals surface area contributed by atoms with Crippen molar-refractivity contribution in [2.24, 2.45) is 0 Å². The predicted molar refractivity (Wildman–Crippen MR) is 179 cm³/mol. The van der Waals surface area contributed by atoms with Crippen molar-refractivity contribution in [1.29, 1.82) is 0 Å². The smallest absolute Gasteiger partial charge is 0.269 e. The summed E-state index contributed by atoms with van der Waals surface area (Å²) in [4.78, 5) is 0. The molecule has 11 heteroatoms. The minimum absolute atomic E-state index is 0.0792. The van der Waals surface area contributed by atoms with Gasteiger partial charge in [-0.15, -0.1) is 4.49 Å². The molecule has 0 radical (unpaired) electrons. The van der Waals surface area contributed by atoms with E-state index in [0.717, 1.165) is 54.2 Å². The molecule has 0 bridgehead atoms. The fourth-order valence-electron chi connectivity index (χ4n) is 6.97. The molecule has 6 nitrogen and oxygen atoms in total. The van der Waals surface area contributed by atoms with Crippen molar-refractivity contribution in [2.75, 3.05) is 13.1 Å². The van der Waals surface area contributed by atoms with Crippen LogP contribution in [-0.2, 0) is 14.6 Å². The first-order chi connectivity index (χ1) is 21.9. The van der Waals surface area contributed by atoms with E-state index in [9.17, 15) is 21.6 Å². The molecule has 1 heterocycles. The molecule has 0 aliphatic carbocycles. The molecule has 1 saturated heterocycles. The van der Waals surface area contributed by atoms with Gasteiger partial charge in [0.25, 0.3) is 7.59 Å². The Labute approximate surface area is 265 Å². The number of halogens is 3. The Morgan fingerprint density at radius 3 is 1.37 bits per heavy atom. The van der Waals surface area contributed by atoms with Crippen molar-refractivity contribution in [3.63, 3.8) is 0 Å². The fraction of sp³-hybridized carbons (Fsp3) is 0.200. The van der Waals surface area contributed by atoms with Crippen molar-refractivity contribution in [1.82, 2.24) is 13.8 Å². The highest BCUT2D eigenvalue weighted by Gasteiger charge is 2.56. The molecule has 2 atom stereocenters. The summed E-state index contributed by atoms with van der Waals surface area (Å²) < 4.78 is 87.0. The number of sulfonamides is 1. The summed E-state index contributed by atoms with van der Waals surface area (Å²) >= 11 is 0. The van der Waals surface area contributed by atoms with E-state index in [1.165, 1.54) is 9.34 Å². The maximum atomic E-state index is 15.2. The van der Waals surface area contributed by atoms with Crippen molar-refractivity contribution in [3.8, 4) is 0 Å². The lowest BCUT2D eigenvalue weighted by molar-refractivity contribution is -0.0442. The molecule has 46 heavy (non-hydrogen) atoms. The van der Waals surface area contributed by atoms with E-state index in [1.54, 1.807) is 18.3 Å². The Kier molecular flexibility index (Phi) is 7.49. The van der Waals surface area contributed by atoms with Crippen LogP contribution < -0.4 is 4.49 Å². The van der Waals surface area contributed by atoms with Gasteiger partial charge in [0.1, 0.15) is 0 Å². The van der Waals surface area contributed by atoms with Gasteiger partial charge < -0.3 is 0 Å². The molecule has 0 amide bonds. The van der Waals surface area contributed by atoms with Gasteiger partial charge in [-0.3, -0.25) is 4.57 Å². The summed E-state index contributed by atoms with van der Waals surface area (Å²) in [6, 6.07) is 33.5. The first-order valence-electron chi connectivity index (χ1n) is 15.0. The molecule has 1 aliphatic rings. The van der Waals surface area contributed by atoms with Crippen LogP contribution in [0.1, 0.15) is 37.1 Å². The summed E-state index contributed by atoms with van der Waals surface area (Å²) in [5.74, 6) is 0. The molecular formula is C35H31F3N3O3PS. The highest BCUT2D eigenvalue weighted by molar-refractivity contribution is 7.96. The van der Waals surface area contributed by atoms with Crippen LogP contribution in [0.15, 0.2) is 109 Å². The minimum Gasteiger partial charge on any atom is -0.269 e. The Hall–Kier alpha value is -3.79. The van der Waals surface area contributed by atoms with Gasteiger partial charge in [0.15, 0.2) is 0 Å². The van der Waals surface area contributed by atoms with Gasteiger partial charge in [0.05, 0.1) is 0 Å². The molecule has 236 valence electrons. The van der Waals surface area contributed by atoms with Crippen LogP contribution in [0.4, 0.5) is 13.2 Å². The summed E-state index contributed by atoms with van der Waals surface area (Å²) in [5.41, 5.74) is -4.17. The zero-order chi connectivity index (χ0) is 32.4. The lowest BCUT2D eigenvalue weighted by atomic mass is 9.94. The molecule has 0 aromatic heterocycles. The first kappa shape index (κ1) is 30.8. The van der Waals surface area contributed by atoms with Crippen LogP contribution in [0, 0.1) is 0 Å². The van der Waals surface area contributed by atoms with Gasteiger partial charge in [0, 0.05) is 25.2 Å². The predicted octanol–water partition coefficient (Wildman–Crippen LogP) is 9.29. The van der Waals surface area contributed by atoms with E-state index in [-0.39, 0.29) is 13.1 Å². The highest BCUT2D eigenvalue weighted by atomic mass is 32.2. The van der Waals surface area contributed by atoms with Crippen LogP contribution in [0.25, 0.3) is 43.1 Å². The zero-order valence-electron chi connectivity index (χ0n) is 25.1. The van der Waals surface area contributed by atoms with Crippen LogP contribution in [0.3, 0.4) is 0 Å². The van der Waals surface area contributed by atoms with Crippen molar-refractivity contribution in [2.45, 2.75) is 31.4 Å². The molecular weight excluding hydrogens is 630 g/mol. The SMILES string of the molecule is C[C@@H](c1cc2ccccc2c2ccccc12)N1CCN([C@@H](C)c2cc3ccccc3c3ccccc23)P1(=O)NS(=O)(=O)C(F)(F)F. The maximum Gasteiger partial charge on any atom is 0.511 e. The number of rotatable bonds is 6. The number of nitrogens with one attached hydrogen (secondary N) is 1. The third-order valence-corrected chi connectivity index (χ3v) is 14.2. The number of nitrogens with zero attached hydrogens (tertiary/aromatic N) is 2. The van der Waals surface area contributed by atoms with Crippen molar-refractivity contribution >= 4 is 60.7 Å². The third kappa shape index (κ3) is 4.91. The minimum atomic E-state index is -5.99. The summed E-state index contributed by atoms with van der Waals surface area (Å²) in [5, 5.41) is 7.45. The van der Waals surface area contributed by atoms with Crippen LogP contribution in [0.5, 0.6) is 0 Å². The highest BCUT2D eigenvalue weighted by Crippen LogP contribution is 2.62. The van der Waals surface area contributed by atoms with Gasteiger partial charge in [-0.25, -0.2) is 17.8 Å². The lowest BCUT2D eigenvalue weighted by Gasteiger charge is -2.37. The van der Waals surface area contributed by atoms with E-state index in [1.807, 2.05) is 109 Å². The Morgan fingerprint density at radius 1 is 0.630 bits per heavy atom. The fourth-order valence-corrected chi connectivity index (χ4v) is 11.7. The number of hydrogen-bond donors (Lipinski definition) is 1. The molecule has 0 saturated carbocycles.